The second kappa shape index (κ2) is 12.1. The van der Waals surface area contributed by atoms with E-state index in [9.17, 15) is 14.4 Å². The number of ether oxygens (including phenoxy) is 1. The van der Waals surface area contributed by atoms with Gasteiger partial charge in [-0.05, 0) is 64.7 Å². The molecule has 2 rings (SSSR count). The van der Waals surface area contributed by atoms with E-state index < -0.39 is 0 Å². The summed E-state index contributed by atoms with van der Waals surface area (Å²) in [4.78, 5) is 35.6. The van der Waals surface area contributed by atoms with E-state index in [4.69, 9.17) is 4.74 Å². The fraction of sp³-hybridized carbons (Fsp3) is 0.783. The largest absolute Gasteiger partial charge is 0.378 e. The molecule has 0 unspecified atom stereocenters. The van der Waals surface area contributed by atoms with Gasteiger partial charge in [0, 0.05) is 43.0 Å². The molecule has 0 heterocycles. The highest BCUT2D eigenvalue weighted by atomic mass is 16.5. The molecule has 2 N–H and O–H groups in total. The van der Waals surface area contributed by atoms with Gasteiger partial charge in [0.2, 0.25) is 11.8 Å². The van der Waals surface area contributed by atoms with Crippen molar-refractivity contribution >= 4 is 17.6 Å². The maximum absolute atomic E-state index is 12.2. The van der Waals surface area contributed by atoms with Crippen LogP contribution in [0.5, 0.6) is 0 Å². The van der Waals surface area contributed by atoms with E-state index in [1.807, 2.05) is 6.92 Å². The normalized spacial score (nSPS) is 27.1. The minimum absolute atomic E-state index is 0.0640. The first-order valence-corrected chi connectivity index (χ1v) is 11.3. The number of ketones is 1. The Morgan fingerprint density at radius 1 is 0.931 bits per heavy atom. The van der Waals surface area contributed by atoms with Crippen molar-refractivity contribution in [2.75, 3.05) is 6.61 Å². The van der Waals surface area contributed by atoms with Gasteiger partial charge < -0.3 is 15.4 Å². The van der Waals surface area contributed by atoms with Crippen LogP contribution in [-0.4, -0.2) is 42.4 Å². The lowest BCUT2D eigenvalue weighted by Gasteiger charge is -2.29. The minimum atomic E-state index is -0.0640. The second-order valence-electron chi connectivity index (χ2n) is 8.64. The zero-order valence-corrected chi connectivity index (χ0v) is 18.1. The van der Waals surface area contributed by atoms with Crippen LogP contribution in [0.15, 0.2) is 12.2 Å². The number of Topliss-reactive ketones (excluding diaryl/α,β-unsaturated/α-hetero) is 1. The molecule has 0 aliphatic heterocycles. The van der Waals surface area contributed by atoms with Crippen LogP contribution >= 0.6 is 0 Å². The van der Waals surface area contributed by atoms with Crippen LogP contribution in [0, 0.1) is 5.92 Å². The van der Waals surface area contributed by atoms with E-state index in [-0.39, 0.29) is 35.9 Å². The number of carbonyl (C=O) groups excluding carboxylic acids is 3. The van der Waals surface area contributed by atoms with E-state index in [1.54, 1.807) is 6.92 Å². The lowest BCUT2D eigenvalue weighted by molar-refractivity contribution is -0.124. The third kappa shape index (κ3) is 8.29. The maximum atomic E-state index is 12.2. The summed E-state index contributed by atoms with van der Waals surface area (Å²) < 4.78 is 5.93. The molecule has 2 amide bonds. The highest BCUT2D eigenvalue weighted by Gasteiger charge is 2.26. The summed E-state index contributed by atoms with van der Waals surface area (Å²) >= 11 is 0. The fourth-order valence-corrected chi connectivity index (χ4v) is 4.31. The number of amides is 2. The molecule has 0 atom stereocenters. The highest BCUT2D eigenvalue weighted by molar-refractivity contribution is 5.92. The first-order valence-electron chi connectivity index (χ1n) is 11.3. The molecule has 0 spiro atoms. The van der Waals surface area contributed by atoms with E-state index in [1.165, 1.54) is 0 Å². The molecule has 164 valence electrons. The van der Waals surface area contributed by atoms with E-state index in [2.05, 4.69) is 17.2 Å². The van der Waals surface area contributed by atoms with Crippen LogP contribution in [0.4, 0.5) is 0 Å². The quantitative estimate of drug-likeness (QED) is 0.430. The Balaban J connectivity index is 1.52. The van der Waals surface area contributed by atoms with Crippen molar-refractivity contribution in [3.05, 3.63) is 12.2 Å². The van der Waals surface area contributed by atoms with Gasteiger partial charge >= 0.3 is 0 Å². The summed E-state index contributed by atoms with van der Waals surface area (Å²) in [6, 6.07) is 0.432. The Kier molecular flexibility index (Phi) is 9.85. The monoisotopic (exact) mass is 406 g/mol. The highest BCUT2D eigenvalue weighted by Crippen LogP contribution is 2.26. The van der Waals surface area contributed by atoms with E-state index in [0.29, 0.717) is 30.8 Å². The van der Waals surface area contributed by atoms with Gasteiger partial charge in [-0.1, -0.05) is 13.5 Å². The molecule has 2 aliphatic carbocycles. The van der Waals surface area contributed by atoms with Gasteiger partial charge in [-0.3, -0.25) is 14.4 Å². The number of hydrogen-bond donors (Lipinski definition) is 2. The Hall–Kier alpha value is -1.69. The van der Waals surface area contributed by atoms with Gasteiger partial charge in [0.1, 0.15) is 5.78 Å². The zero-order valence-electron chi connectivity index (χ0n) is 18.1. The van der Waals surface area contributed by atoms with Gasteiger partial charge in [-0.15, -0.1) is 0 Å². The molecule has 0 aromatic heterocycles. The molecule has 0 radical (unpaired) electrons. The molecule has 6 nitrogen and oxygen atoms in total. The summed E-state index contributed by atoms with van der Waals surface area (Å²) in [5.74, 6) is 0.584. The molecular formula is C23H38N2O4. The average Bonchev–Trinajstić information content (AvgIpc) is 2.72. The van der Waals surface area contributed by atoms with Crippen LogP contribution in [0.3, 0.4) is 0 Å². The summed E-state index contributed by atoms with van der Waals surface area (Å²) in [5.41, 5.74) is 0.546. The SMILES string of the molecule is C=C(C)C(=O)NC1CCC(OCCCC(=O)NC2CCC(C(=O)CC)CC2)CC1. The Labute approximate surface area is 175 Å². The maximum Gasteiger partial charge on any atom is 0.246 e. The molecule has 0 aromatic rings. The number of hydrogen-bond acceptors (Lipinski definition) is 4. The Morgan fingerprint density at radius 3 is 2.10 bits per heavy atom. The van der Waals surface area contributed by atoms with Gasteiger partial charge in [0.05, 0.1) is 6.10 Å². The molecule has 2 saturated carbocycles. The van der Waals surface area contributed by atoms with Crippen molar-refractivity contribution < 1.29 is 19.1 Å². The molecule has 2 aliphatic rings. The fourth-order valence-electron chi connectivity index (χ4n) is 4.31. The number of nitrogens with one attached hydrogen (secondary N) is 2. The van der Waals surface area contributed by atoms with Crippen LogP contribution in [0.2, 0.25) is 0 Å². The van der Waals surface area contributed by atoms with E-state index in [0.717, 1.165) is 57.8 Å². The van der Waals surface area contributed by atoms with Gasteiger partial charge in [0.15, 0.2) is 0 Å². The van der Waals surface area contributed by atoms with Crippen LogP contribution < -0.4 is 10.6 Å². The lowest BCUT2D eigenvalue weighted by Crippen LogP contribution is -2.39. The lowest BCUT2D eigenvalue weighted by atomic mass is 9.83. The summed E-state index contributed by atoms with van der Waals surface area (Å²) in [6.45, 7) is 7.91. The molecule has 0 saturated heterocycles. The van der Waals surface area contributed by atoms with Crippen LogP contribution in [0.25, 0.3) is 0 Å². The average molecular weight is 407 g/mol. The van der Waals surface area contributed by atoms with Crippen molar-refractivity contribution in [2.45, 2.75) is 103 Å². The number of carbonyl (C=O) groups is 3. The van der Waals surface area contributed by atoms with Gasteiger partial charge in [0.25, 0.3) is 0 Å². The smallest absolute Gasteiger partial charge is 0.246 e. The molecule has 6 heteroatoms. The Morgan fingerprint density at radius 2 is 1.52 bits per heavy atom. The second-order valence-corrected chi connectivity index (χ2v) is 8.64. The van der Waals surface area contributed by atoms with Crippen LogP contribution in [0.1, 0.15) is 84.5 Å². The molecule has 0 bridgehead atoms. The third-order valence-corrected chi connectivity index (χ3v) is 6.19. The summed E-state index contributed by atoms with van der Waals surface area (Å²) in [7, 11) is 0. The van der Waals surface area contributed by atoms with Crippen molar-refractivity contribution in [2.24, 2.45) is 5.92 Å². The predicted octanol–water partition coefficient (Wildman–Crippen LogP) is 3.44. The van der Waals surface area contributed by atoms with Crippen LogP contribution in [-0.2, 0) is 19.1 Å². The van der Waals surface area contributed by atoms with E-state index >= 15 is 0 Å². The Bertz CT molecular complexity index is 573. The first kappa shape index (κ1) is 23.6. The van der Waals surface area contributed by atoms with Crippen molar-refractivity contribution in [1.82, 2.24) is 10.6 Å². The van der Waals surface area contributed by atoms with Crippen molar-refractivity contribution in [3.8, 4) is 0 Å². The third-order valence-electron chi connectivity index (χ3n) is 6.19. The predicted molar refractivity (Wildman–Crippen MR) is 113 cm³/mol. The number of rotatable bonds is 10. The summed E-state index contributed by atoms with van der Waals surface area (Å²) in [6.07, 6.45) is 9.38. The molecule has 2 fully saturated rings. The zero-order chi connectivity index (χ0) is 21.2. The van der Waals surface area contributed by atoms with Crippen molar-refractivity contribution in [1.29, 1.82) is 0 Å². The van der Waals surface area contributed by atoms with Gasteiger partial charge in [-0.2, -0.15) is 0 Å². The van der Waals surface area contributed by atoms with Crippen molar-refractivity contribution in [3.63, 3.8) is 0 Å². The summed E-state index contributed by atoms with van der Waals surface area (Å²) in [5, 5.41) is 6.12. The topological polar surface area (TPSA) is 84.5 Å². The molecule has 0 aromatic carbocycles. The standard InChI is InChI=1S/C23H38N2O4/c1-4-21(26)17-7-9-18(10-8-17)24-22(27)6-5-15-29-20-13-11-19(12-14-20)25-23(28)16(2)3/h17-20H,2,4-15H2,1,3H3,(H,24,27)(H,25,28). The first-order chi connectivity index (χ1) is 13.9. The molecule has 29 heavy (non-hydrogen) atoms. The minimum Gasteiger partial charge on any atom is -0.378 e. The van der Waals surface area contributed by atoms with Gasteiger partial charge in [-0.25, -0.2) is 0 Å². The molecular weight excluding hydrogens is 368 g/mol.